The summed E-state index contributed by atoms with van der Waals surface area (Å²) in [6.45, 7) is 3.66. The van der Waals surface area contributed by atoms with Gasteiger partial charge in [0.15, 0.2) is 0 Å². The van der Waals surface area contributed by atoms with Gasteiger partial charge >= 0.3 is 20.2 Å². The summed E-state index contributed by atoms with van der Waals surface area (Å²) in [6.07, 6.45) is 0. The van der Waals surface area contributed by atoms with Crippen molar-refractivity contribution in [2.24, 2.45) is 0 Å². The first kappa shape index (κ1) is 30.5. The van der Waals surface area contributed by atoms with Crippen LogP contribution in [0.25, 0.3) is 11.1 Å². The van der Waals surface area contributed by atoms with Crippen LogP contribution in [0.15, 0.2) is 155 Å². The van der Waals surface area contributed by atoms with Crippen molar-refractivity contribution in [1.82, 2.24) is 0 Å². The van der Waals surface area contributed by atoms with E-state index in [0.717, 1.165) is 33.4 Å². The molecule has 6 aromatic carbocycles. The molecule has 6 nitrogen and oxygen atoms in total. The molecule has 1 aliphatic rings. The lowest BCUT2D eigenvalue weighted by molar-refractivity contribution is 0.482. The number of rotatable bonds is 8. The Kier molecular flexibility index (Phi) is 7.50. The fourth-order valence-electron chi connectivity index (χ4n) is 6.48. The maximum Gasteiger partial charge on any atom is 0.339 e. The molecule has 0 spiro atoms. The maximum absolute atomic E-state index is 13.1. The number of hydrogen-bond acceptors (Lipinski definition) is 6. The van der Waals surface area contributed by atoms with Crippen molar-refractivity contribution in [3.05, 3.63) is 179 Å². The predicted molar refractivity (Wildman–Crippen MR) is 182 cm³/mol. The SMILES string of the molecule is Cc1cc(C2(c3ccc(OS(=O)(=O)c4ccccc4)c(C)c3)c3ccccc3-c3ccccc32)ccc1OS(=O)(=O)c1ccccc1. The molecule has 6 aromatic rings. The van der Waals surface area contributed by atoms with Gasteiger partial charge in [0.1, 0.15) is 21.3 Å². The van der Waals surface area contributed by atoms with Crippen LogP contribution in [0.1, 0.15) is 33.4 Å². The summed E-state index contributed by atoms with van der Waals surface area (Å²) < 4.78 is 63.6. The quantitative estimate of drug-likeness (QED) is 0.153. The van der Waals surface area contributed by atoms with Crippen molar-refractivity contribution in [2.75, 3.05) is 0 Å². The van der Waals surface area contributed by atoms with E-state index in [1.165, 1.54) is 24.3 Å². The Morgan fingerprint density at radius 2 is 0.809 bits per heavy atom. The monoisotopic (exact) mass is 658 g/mol. The molecule has 0 radical (unpaired) electrons. The van der Waals surface area contributed by atoms with Crippen molar-refractivity contribution >= 4 is 20.2 Å². The smallest absolute Gasteiger partial charge is 0.339 e. The normalized spacial score (nSPS) is 13.4. The summed E-state index contributed by atoms with van der Waals surface area (Å²) in [7, 11) is -8.08. The van der Waals surface area contributed by atoms with E-state index in [1.807, 2.05) is 62.4 Å². The van der Waals surface area contributed by atoms with Crippen molar-refractivity contribution in [3.8, 4) is 22.6 Å². The first-order valence-corrected chi connectivity index (χ1v) is 17.8. The highest BCUT2D eigenvalue weighted by molar-refractivity contribution is 7.87. The average molecular weight is 659 g/mol. The molecule has 0 aliphatic heterocycles. The van der Waals surface area contributed by atoms with Gasteiger partial charge in [0.2, 0.25) is 0 Å². The number of aryl methyl sites for hydroxylation is 2. The molecule has 0 N–H and O–H groups in total. The molecule has 0 amide bonds. The van der Waals surface area contributed by atoms with Crippen LogP contribution in [0.4, 0.5) is 0 Å². The summed E-state index contributed by atoms with van der Waals surface area (Å²) in [5.74, 6) is 0.469. The van der Waals surface area contributed by atoms with Crippen molar-refractivity contribution in [1.29, 1.82) is 0 Å². The molecule has 0 atom stereocenters. The summed E-state index contributed by atoms with van der Waals surface area (Å²) in [5.41, 5.74) is 6.56. The molecule has 0 aromatic heterocycles. The second-order valence-corrected chi connectivity index (χ2v) is 14.6. The van der Waals surface area contributed by atoms with E-state index < -0.39 is 25.7 Å². The van der Waals surface area contributed by atoms with Crippen LogP contribution in [0, 0.1) is 13.8 Å². The zero-order valence-corrected chi connectivity index (χ0v) is 27.3. The average Bonchev–Trinajstić information content (AvgIpc) is 3.38. The highest BCUT2D eigenvalue weighted by atomic mass is 32.2. The number of hydrogen-bond donors (Lipinski definition) is 0. The third-order valence-electron chi connectivity index (χ3n) is 8.63. The third-order valence-corrected chi connectivity index (χ3v) is 11.1. The molecular weight excluding hydrogens is 629 g/mol. The topological polar surface area (TPSA) is 86.7 Å². The van der Waals surface area contributed by atoms with Gasteiger partial charge in [-0.1, -0.05) is 109 Å². The second kappa shape index (κ2) is 11.6. The number of fused-ring (bicyclic) bond motifs is 3. The predicted octanol–water partition coefficient (Wildman–Crippen LogP) is 8.20. The van der Waals surface area contributed by atoms with Crippen LogP contribution in [0.2, 0.25) is 0 Å². The molecule has 0 unspecified atom stereocenters. The van der Waals surface area contributed by atoms with Crippen LogP contribution in [0.5, 0.6) is 11.5 Å². The first-order valence-electron chi connectivity index (χ1n) is 15.0. The molecular formula is C39H30O6S2. The largest absolute Gasteiger partial charge is 0.379 e. The van der Waals surface area contributed by atoms with Crippen molar-refractivity contribution < 1.29 is 25.2 Å². The van der Waals surface area contributed by atoms with Crippen molar-refractivity contribution in [3.63, 3.8) is 0 Å². The first-order chi connectivity index (χ1) is 22.6. The van der Waals surface area contributed by atoms with E-state index in [4.69, 9.17) is 8.37 Å². The van der Waals surface area contributed by atoms with Gasteiger partial charge < -0.3 is 8.37 Å². The Hall–Kier alpha value is -5.18. The van der Waals surface area contributed by atoms with E-state index in [1.54, 1.807) is 48.5 Å². The Labute approximate surface area is 275 Å². The van der Waals surface area contributed by atoms with Gasteiger partial charge in [-0.15, -0.1) is 0 Å². The summed E-state index contributed by atoms with van der Waals surface area (Å²) in [4.78, 5) is 0.149. The van der Waals surface area contributed by atoms with Gasteiger partial charge in [-0.25, -0.2) is 0 Å². The van der Waals surface area contributed by atoms with Gasteiger partial charge in [0.25, 0.3) is 0 Å². The van der Waals surface area contributed by atoms with E-state index in [0.29, 0.717) is 11.1 Å². The lowest BCUT2D eigenvalue weighted by atomic mass is 9.67. The minimum Gasteiger partial charge on any atom is -0.379 e. The second-order valence-electron chi connectivity index (χ2n) is 11.5. The summed E-state index contributed by atoms with van der Waals surface area (Å²) in [5, 5.41) is 0. The van der Waals surface area contributed by atoms with Crippen molar-refractivity contribution in [2.45, 2.75) is 29.1 Å². The Morgan fingerprint density at radius 3 is 1.19 bits per heavy atom. The molecule has 1 aliphatic carbocycles. The highest BCUT2D eigenvalue weighted by Gasteiger charge is 2.46. The molecule has 7 rings (SSSR count). The van der Waals surface area contributed by atoms with E-state index >= 15 is 0 Å². The van der Waals surface area contributed by atoms with Crippen LogP contribution in [-0.4, -0.2) is 16.8 Å². The molecule has 8 heteroatoms. The van der Waals surface area contributed by atoms with E-state index in [2.05, 4.69) is 24.3 Å². The molecule has 0 fully saturated rings. The zero-order chi connectivity index (χ0) is 32.8. The Morgan fingerprint density at radius 1 is 0.447 bits per heavy atom. The maximum atomic E-state index is 13.1. The van der Waals surface area contributed by atoms with Crippen LogP contribution >= 0.6 is 0 Å². The van der Waals surface area contributed by atoms with Gasteiger partial charge in [-0.2, -0.15) is 16.8 Å². The minimum absolute atomic E-state index is 0.0747. The lowest BCUT2D eigenvalue weighted by Crippen LogP contribution is -2.29. The van der Waals surface area contributed by atoms with E-state index in [-0.39, 0.29) is 21.3 Å². The van der Waals surface area contributed by atoms with E-state index in [9.17, 15) is 16.8 Å². The van der Waals surface area contributed by atoms with Gasteiger partial charge in [-0.05, 0) is 94.8 Å². The molecule has 0 bridgehead atoms. The fourth-order valence-corrected chi connectivity index (χ4v) is 8.50. The molecule has 0 heterocycles. The summed E-state index contributed by atoms with van der Waals surface area (Å²) in [6, 6.07) is 43.7. The Balaban J connectivity index is 1.38. The highest BCUT2D eigenvalue weighted by Crippen LogP contribution is 2.56. The molecule has 234 valence electrons. The fraction of sp³-hybridized carbons (Fsp3) is 0.0769. The molecule has 0 saturated carbocycles. The van der Waals surface area contributed by atoms with Crippen LogP contribution < -0.4 is 8.37 Å². The molecule has 0 saturated heterocycles. The van der Waals surface area contributed by atoms with Gasteiger partial charge in [-0.3, -0.25) is 0 Å². The molecule has 47 heavy (non-hydrogen) atoms. The standard InChI is InChI=1S/C39H30O6S2/c1-27-25-29(21-23-37(27)44-46(40,41)31-13-5-3-6-14-31)39(35-19-11-9-17-33(35)34-18-10-12-20-36(34)39)30-22-24-38(28(2)26-30)45-47(42,43)32-15-7-4-8-16-32/h3-26H,1-2H3. The lowest BCUT2D eigenvalue weighted by Gasteiger charge is -2.34. The zero-order valence-electron chi connectivity index (χ0n) is 25.6. The van der Waals surface area contributed by atoms with Crippen LogP contribution in [-0.2, 0) is 25.7 Å². The third kappa shape index (κ3) is 5.19. The summed E-state index contributed by atoms with van der Waals surface area (Å²) >= 11 is 0. The van der Waals surface area contributed by atoms with Gasteiger partial charge in [0, 0.05) is 0 Å². The number of benzene rings is 6. The van der Waals surface area contributed by atoms with Gasteiger partial charge in [0.05, 0.1) is 5.41 Å². The minimum atomic E-state index is -4.04. The Bertz CT molecular complexity index is 2180. The van der Waals surface area contributed by atoms with Crippen LogP contribution in [0.3, 0.4) is 0 Å².